The number of piperidine rings is 1. The third kappa shape index (κ3) is 2.36. The van der Waals surface area contributed by atoms with Crippen molar-refractivity contribution in [2.75, 3.05) is 11.4 Å². The summed E-state index contributed by atoms with van der Waals surface area (Å²) in [7, 11) is 0. The van der Waals surface area contributed by atoms with Crippen LogP contribution in [0.1, 0.15) is 37.8 Å². The first kappa shape index (κ1) is 12.2. The van der Waals surface area contributed by atoms with Crippen molar-refractivity contribution in [1.82, 2.24) is 0 Å². The maximum absolute atomic E-state index is 11.6. The minimum absolute atomic E-state index is 0.0616. The van der Waals surface area contributed by atoms with Crippen molar-refractivity contribution in [2.45, 2.75) is 46.1 Å². The smallest absolute Gasteiger partial charge is 0.136 e. The second kappa shape index (κ2) is 4.17. The summed E-state index contributed by atoms with van der Waals surface area (Å²) in [6, 6.07) is 6.53. The lowest BCUT2D eigenvalue weighted by atomic mass is 9.88. The molecule has 0 saturated carbocycles. The van der Waals surface area contributed by atoms with Crippen molar-refractivity contribution >= 4 is 11.5 Å². The molecule has 0 amide bonds. The van der Waals surface area contributed by atoms with E-state index in [1.807, 2.05) is 0 Å². The zero-order chi connectivity index (χ0) is 12.6. The van der Waals surface area contributed by atoms with Gasteiger partial charge in [-0.1, -0.05) is 12.1 Å². The molecule has 1 aliphatic heterocycles. The Kier molecular flexibility index (Phi) is 2.98. The Labute approximate surface area is 104 Å². The number of hydrogen-bond donors (Lipinski definition) is 0. The van der Waals surface area contributed by atoms with Gasteiger partial charge >= 0.3 is 0 Å². The lowest BCUT2D eigenvalue weighted by Gasteiger charge is -2.44. The Morgan fingerprint density at radius 2 is 1.94 bits per heavy atom. The van der Waals surface area contributed by atoms with Crippen LogP contribution in [0.2, 0.25) is 0 Å². The fourth-order valence-electron chi connectivity index (χ4n) is 2.66. The van der Waals surface area contributed by atoms with Gasteiger partial charge < -0.3 is 4.90 Å². The van der Waals surface area contributed by atoms with Crippen LogP contribution in [0.15, 0.2) is 18.2 Å². The second-order valence-electron chi connectivity index (χ2n) is 5.72. The first-order chi connectivity index (χ1) is 7.90. The van der Waals surface area contributed by atoms with Crippen molar-refractivity contribution < 1.29 is 4.79 Å². The molecule has 1 fully saturated rings. The molecule has 2 rings (SSSR count). The molecule has 17 heavy (non-hydrogen) atoms. The maximum atomic E-state index is 11.6. The van der Waals surface area contributed by atoms with Crippen molar-refractivity contribution in [3.05, 3.63) is 29.3 Å². The first-order valence-electron chi connectivity index (χ1n) is 6.27. The summed E-state index contributed by atoms with van der Waals surface area (Å²) >= 11 is 0. The molecule has 2 nitrogen and oxygen atoms in total. The van der Waals surface area contributed by atoms with Gasteiger partial charge in [-0.05, 0) is 44.9 Å². The monoisotopic (exact) mass is 231 g/mol. The van der Waals surface area contributed by atoms with Gasteiger partial charge in [0, 0.05) is 30.6 Å². The van der Waals surface area contributed by atoms with E-state index in [9.17, 15) is 4.79 Å². The Morgan fingerprint density at radius 1 is 1.24 bits per heavy atom. The van der Waals surface area contributed by atoms with E-state index in [1.54, 1.807) is 0 Å². The average Bonchev–Trinajstić information content (AvgIpc) is 2.21. The van der Waals surface area contributed by atoms with E-state index in [0.29, 0.717) is 18.6 Å². The number of nitrogens with zero attached hydrogens (tertiary/aromatic N) is 1. The maximum Gasteiger partial charge on any atom is 0.136 e. The van der Waals surface area contributed by atoms with E-state index in [4.69, 9.17) is 0 Å². The molecule has 1 aliphatic rings. The van der Waals surface area contributed by atoms with E-state index < -0.39 is 0 Å². The van der Waals surface area contributed by atoms with Crippen LogP contribution in [0.3, 0.4) is 0 Å². The van der Waals surface area contributed by atoms with Gasteiger partial charge in [0.05, 0.1) is 0 Å². The third-order valence-electron chi connectivity index (χ3n) is 3.63. The standard InChI is InChI=1S/C15H21NO/c1-11-5-6-12(2)14(9-11)16-8-7-13(17)10-15(16,3)4/h5-6,9H,7-8,10H2,1-4H3. The molecule has 0 aliphatic carbocycles. The van der Waals surface area contributed by atoms with Gasteiger partial charge in [-0.2, -0.15) is 0 Å². The fourth-order valence-corrected chi connectivity index (χ4v) is 2.66. The summed E-state index contributed by atoms with van der Waals surface area (Å²) in [6.45, 7) is 9.42. The summed E-state index contributed by atoms with van der Waals surface area (Å²) in [5, 5.41) is 0. The Morgan fingerprint density at radius 3 is 2.59 bits per heavy atom. The van der Waals surface area contributed by atoms with Gasteiger partial charge in [0.1, 0.15) is 5.78 Å². The van der Waals surface area contributed by atoms with Gasteiger partial charge in [0.2, 0.25) is 0 Å². The molecular formula is C15H21NO. The number of aryl methyl sites for hydroxylation is 2. The molecular weight excluding hydrogens is 210 g/mol. The number of hydrogen-bond acceptors (Lipinski definition) is 2. The van der Waals surface area contributed by atoms with Crippen LogP contribution in [0, 0.1) is 13.8 Å². The van der Waals surface area contributed by atoms with Crippen LogP contribution in [0.5, 0.6) is 0 Å². The molecule has 2 heteroatoms. The van der Waals surface area contributed by atoms with E-state index in [-0.39, 0.29) is 5.54 Å². The zero-order valence-electron chi connectivity index (χ0n) is 11.2. The van der Waals surface area contributed by atoms with Crippen LogP contribution in [0.25, 0.3) is 0 Å². The largest absolute Gasteiger partial charge is 0.365 e. The quantitative estimate of drug-likeness (QED) is 0.739. The highest BCUT2D eigenvalue weighted by atomic mass is 16.1. The average molecular weight is 231 g/mol. The Hall–Kier alpha value is -1.31. The Balaban J connectivity index is 2.39. The molecule has 1 aromatic rings. The lowest BCUT2D eigenvalue weighted by Crippen LogP contribution is -2.50. The van der Waals surface area contributed by atoms with Crippen molar-refractivity contribution in [1.29, 1.82) is 0 Å². The number of ketones is 1. The predicted octanol–water partition coefficient (Wildman–Crippen LogP) is 3.25. The minimum Gasteiger partial charge on any atom is -0.365 e. The molecule has 0 atom stereocenters. The van der Waals surface area contributed by atoms with Crippen LogP contribution in [0.4, 0.5) is 5.69 Å². The number of carbonyl (C=O) groups excluding carboxylic acids is 1. The normalized spacial score (nSPS) is 19.5. The number of carbonyl (C=O) groups is 1. The fraction of sp³-hybridized carbons (Fsp3) is 0.533. The van der Waals surface area contributed by atoms with E-state index in [2.05, 4.69) is 50.8 Å². The molecule has 1 saturated heterocycles. The molecule has 0 N–H and O–H groups in total. The summed E-state index contributed by atoms with van der Waals surface area (Å²) in [5.41, 5.74) is 3.78. The topological polar surface area (TPSA) is 20.3 Å². The highest BCUT2D eigenvalue weighted by molar-refractivity contribution is 5.82. The van der Waals surface area contributed by atoms with Crippen molar-refractivity contribution in [3.63, 3.8) is 0 Å². The van der Waals surface area contributed by atoms with Gasteiger partial charge in [0.25, 0.3) is 0 Å². The molecule has 1 aromatic carbocycles. The van der Waals surface area contributed by atoms with E-state index >= 15 is 0 Å². The number of anilines is 1. The van der Waals surface area contributed by atoms with Crippen LogP contribution >= 0.6 is 0 Å². The van der Waals surface area contributed by atoms with Crippen LogP contribution in [-0.2, 0) is 4.79 Å². The van der Waals surface area contributed by atoms with Gasteiger partial charge in [-0.15, -0.1) is 0 Å². The molecule has 0 spiro atoms. The molecule has 0 unspecified atom stereocenters. The molecule has 0 bridgehead atoms. The zero-order valence-corrected chi connectivity index (χ0v) is 11.2. The van der Waals surface area contributed by atoms with Gasteiger partial charge in [-0.3, -0.25) is 4.79 Å². The number of Topliss-reactive ketones (excluding diaryl/α,β-unsaturated/α-hetero) is 1. The minimum atomic E-state index is -0.0616. The molecule has 1 heterocycles. The van der Waals surface area contributed by atoms with E-state index in [1.165, 1.54) is 16.8 Å². The highest BCUT2D eigenvalue weighted by Gasteiger charge is 2.34. The number of benzene rings is 1. The third-order valence-corrected chi connectivity index (χ3v) is 3.63. The number of rotatable bonds is 1. The molecule has 92 valence electrons. The first-order valence-corrected chi connectivity index (χ1v) is 6.27. The summed E-state index contributed by atoms with van der Waals surface area (Å²) in [5.74, 6) is 0.386. The summed E-state index contributed by atoms with van der Waals surface area (Å²) < 4.78 is 0. The molecule has 0 radical (unpaired) electrons. The van der Waals surface area contributed by atoms with Gasteiger partial charge in [-0.25, -0.2) is 0 Å². The SMILES string of the molecule is Cc1ccc(C)c(N2CCC(=O)CC2(C)C)c1. The van der Waals surface area contributed by atoms with Gasteiger partial charge in [0.15, 0.2) is 0 Å². The van der Waals surface area contributed by atoms with Crippen LogP contribution < -0.4 is 4.90 Å². The second-order valence-corrected chi connectivity index (χ2v) is 5.72. The summed E-state index contributed by atoms with van der Waals surface area (Å²) in [6.07, 6.45) is 1.33. The Bertz CT molecular complexity index is 448. The predicted molar refractivity (Wildman–Crippen MR) is 71.6 cm³/mol. The van der Waals surface area contributed by atoms with Crippen molar-refractivity contribution in [2.24, 2.45) is 0 Å². The highest BCUT2D eigenvalue weighted by Crippen LogP contribution is 2.33. The van der Waals surface area contributed by atoms with Crippen molar-refractivity contribution in [3.8, 4) is 0 Å². The van der Waals surface area contributed by atoms with Crippen LogP contribution in [-0.4, -0.2) is 17.9 Å². The lowest BCUT2D eigenvalue weighted by molar-refractivity contribution is -0.121. The van der Waals surface area contributed by atoms with E-state index in [0.717, 1.165) is 6.54 Å². The summed E-state index contributed by atoms with van der Waals surface area (Å²) in [4.78, 5) is 14.0. The molecule has 0 aromatic heterocycles.